The summed E-state index contributed by atoms with van der Waals surface area (Å²) in [6.45, 7) is 3.65. The Bertz CT molecular complexity index is 676. The van der Waals surface area contributed by atoms with Gasteiger partial charge in [-0.3, -0.25) is 0 Å². The van der Waals surface area contributed by atoms with Crippen molar-refractivity contribution in [2.45, 2.75) is 31.9 Å². The molecule has 0 radical (unpaired) electrons. The number of unbranched alkanes of at least 4 members (excludes halogenated alkanes) is 2. The fourth-order valence-corrected chi connectivity index (χ4v) is 2.49. The Morgan fingerprint density at radius 1 is 0.875 bits per heavy atom. The number of alkyl halides is 3. The first kappa shape index (κ1) is 18.2. The maximum absolute atomic E-state index is 13.6. The SMILES string of the molecule is C=CCCCCc1ccc(-c2cc(F)c(C(F)(F)F)c(F)c2)cc1. The summed E-state index contributed by atoms with van der Waals surface area (Å²) in [7, 11) is 0. The summed E-state index contributed by atoms with van der Waals surface area (Å²) in [5.74, 6) is -3.21. The van der Waals surface area contributed by atoms with E-state index in [1.807, 2.05) is 18.2 Å². The molecule has 0 aliphatic rings. The summed E-state index contributed by atoms with van der Waals surface area (Å²) >= 11 is 0. The zero-order chi connectivity index (χ0) is 17.7. The van der Waals surface area contributed by atoms with Gasteiger partial charge in [-0.2, -0.15) is 13.2 Å². The van der Waals surface area contributed by atoms with E-state index in [2.05, 4.69) is 6.58 Å². The van der Waals surface area contributed by atoms with E-state index in [1.54, 1.807) is 12.1 Å². The van der Waals surface area contributed by atoms with E-state index < -0.39 is 23.4 Å². The number of hydrogen-bond acceptors (Lipinski definition) is 0. The predicted molar refractivity (Wildman–Crippen MR) is 84.5 cm³/mol. The van der Waals surface area contributed by atoms with Crippen molar-refractivity contribution >= 4 is 0 Å². The van der Waals surface area contributed by atoms with Gasteiger partial charge in [0.25, 0.3) is 0 Å². The second-order valence-electron chi connectivity index (χ2n) is 5.54. The Morgan fingerprint density at radius 2 is 1.46 bits per heavy atom. The molecule has 0 amide bonds. The lowest BCUT2D eigenvalue weighted by Gasteiger charge is -2.11. The molecule has 2 rings (SSSR count). The van der Waals surface area contributed by atoms with Crippen LogP contribution in [-0.2, 0) is 12.6 Å². The Balaban J connectivity index is 2.19. The van der Waals surface area contributed by atoms with Crippen molar-refractivity contribution in [2.75, 3.05) is 0 Å². The van der Waals surface area contributed by atoms with Gasteiger partial charge >= 0.3 is 6.18 Å². The quantitative estimate of drug-likeness (QED) is 0.318. The second-order valence-corrected chi connectivity index (χ2v) is 5.54. The van der Waals surface area contributed by atoms with Crippen molar-refractivity contribution < 1.29 is 22.0 Å². The van der Waals surface area contributed by atoms with Gasteiger partial charge in [-0.05, 0) is 54.5 Å². The van der Waals surface area contributed by atoms with E-state index in [0.717, 1.165) is 31.2 Å². The molecule has 0 spiro atoms. The average molecular weight is 340 g/mol. The van der Waals surface area contributed by atoms with Gasteiger partial charge in [0.1, 0.15) is 17.2 Å². The van der Waals surface area contributed by atoms with Gasteiger partial charge in [0.05, 0.1) is 0 Å². The van der Waals surface area contributed by atoms with Crippen molar-refractivity contribution in [3.8, 4) is 11.1 Å². The highest BCUT2D eigenvalue weighted by Crippen LogP contribution is 2.35. The number of halogens is 5. The van der Waals surface area contributed by atoms with Crippen LogP contribution in [0.2, 0.25) is 0 Å². The molecule has 0 aliphatic carbocycles. The molecule has 0 bridgehead atoms. The minimum absolute atomic E-state index is 0.0798. The van der Waals surface area contributed by atoms with Gasteiger partial charge in [0, 0.05) is 0 Å². The van der Waals surface area contributed by atoms with Crippen LogP contribution in [0.25, 0.3) is 11.1 Å². The van der Waals surface area contributed by atoms with E-state index in [4.69, 9.17) is 0 Å². The fraction of sp³-hybridized carbons (Fsp3) is 0.263. The third-order valence-electron chi connectivity index (χ3n) is 3.74. The van der Waals surface area contributed by atoms with Gasteiger partial charge in [-0.1, -0.05) is 30.3 Å². The summed E-state index contributed by atoms with van der Waals surface area (Å²) < 4.78 is 65.0. The minimum Gasteiger partial charge on any atom is -0.206 e. The van der Waals surface area contributed by atoms with Gasteiger partial charge in [0.2, 0.25) is 0 Å². The first-order valence-electron chi connectivity index (χ1n) is 7.59. The van der Waals surface area contributed by atoms with Gasteiger partial charge in [0.15, 0.2) is 0 Å². The lowest BCUT2D eigenvalue weighted by atomic mass is 9.99. The largest absolute Gasteiger partial charge is 0.422 e. The van der Waals surface area contributed by atoms with Crippen LogP contribution in [0.4, 0.5) is 22.0 Å². The molecule has 0 atom stereocenters. The molecule has 24 heavy (non-hydrogen) atoms. The normalized spacial score (nSPS) is 11.5. The van der Waals surface area contributed by atoms with Crippen LogP contribution in [-0.4, -0.2) is 0 Å². The summed E-state index contributed by atoms with van der Waals surface area (Å²) in [4.78, 5) is 0. The minimum atomic E-state index is -5.05. The summed E-state index contributed by atoms with van der Waals surface area (Å²) in [5.41, 5.74) is -0.242. The van der Waals surface area contributed by atoms with E-state index in [-0.39, 0.29) is 5.56 Å². The Kier molecular flexibility index (Phi) is 5.75. The fourth-order valence-electron chi connectivity index (χ4n) is 2.49. The molecular formula is C19H17F5. The molecule has 128 valence electrons. The van der Waals surface area contributed by atoms with Crippen molar-refractivity contribution in [3.63, 3.8) is 0 Å². The first-order chi connectivity index (χ1) is 11.3. The standard InChI is InChI=1S/C19H17F5/c1-2-3-4-5-6-13-7-9-14(10-8-13)15-11-16(20)18(17(21)12-15)19(22,23)24/h2,7-12H,1,3-6H2. The van der Waals surface area contributed by atoms with Crippen LogP contribution in [0.15, 0.2) is 49.1 Å². The third-order valence-corrected chi connectivity index (χ3v) is 3.74. The molecule has 0 nitrogen and oxygen atoms in total. The molecule has 2 aromatic rings. The number of rotatable bonds is 6. The van der Waals surface area contributed by atoms with E-state index in [9.17, 15) is 22.0 Å². The topological polar surface area (TPSA) is 0 Å². The highest BCUT2D eigenvalue weighted by molar-refractivity contribution is 5.64. The molecule has 0 fully saturated rings. The van der Waals surface area contributed by atoms with Crippen LogP contribution in [0, 0.1) is 11.6 Å². The lowest BCUT2D eigenvalue weighted by molar-refractivity contribution is -0.142. The number of benzene rings is 2. The molecule has 0 aliphatic heterocycles. The molecule has 0 saturated heterocycles. The van der Waals surface area contributed by atoms with Gasteiger partial charge < -0.3 is 0 Å². The molecule has 0 aromatic heterocycles. The first-order valence-corrected chi connectivity index (χ1v) is 7.59. The van der Waals surface area contributed by atoms with E-state index in [1.165, 1.54) is 0 Å². The van der Waals surface area contributed by atoms with Gasteiger partial charge in [-0.15, -0.1) is 6.58 Å². The van der Waals surface area contributed by atoms with Crippen molar-refractivity contribution in [2.24, 2.45) is 0 Å². The number of aryl methyl sites for hydroxylation is 1. The maximum atomic E-state index is 13.6. The van der Waals surface area contributed by atoms with Crippen molar-refractivity contribution in [1.29, 1.82) is 0 Å². The van der Waals surface area contributed by atoms with Crippen LogP contribution < -0.4 is 0 Å². The molecule has 0 heterocycles. The summed E-state index contributed by atoms with van der Waals surface area (Å²) in [6.07, 6.45) is 0.639. The number of hydrogen-bond donors (Lipinski definition) is 0. The monoisotopic (exact) mass is 340 g/mol. The Morgan fingerprint density at radius 3 is 1.96 bits per heavy atom. The Labute approximate surface area is 137 Å². The van der Waals surface area contributed by atoms with E-state index in [0.29, 0.717) is 17.7 Å². The average Bonchev–Trinajstić information content (AvgIpc) is 2.50. The molecule has 0 saturated carbocycles. The smallest absolute Gasteiger partial charge is 0.206 e. The van der Waals surface area contributed by atoms with Crippen LogP contribution in [0.1, 0.15) is 30.4 Å². The van der Waals surface area contributed by atoms with Crippen molar-refractivity contribution in [1.82, 2.24) is 0 Å². The van der Waals surface area contributed by atoms with Crippen LogP contribution >= 0.6 is 0 Å². The summed E-state index contributed by atoms with van der Waals surface area (Å²) in [5, 5.41) is 0. The number of allylic oxidation sites excluding steroid dienone is 1. The molecule has 0 unspecified atom stereocenters. The van der Waals surface area contributed by atoms with Crippen LogP contribution in [0.5, 0.6) is 0 Å². The molecule has 5 heteroatoms. The molecular weight excluding hydrogens is 323 g/mol. The molecule has 0 N–H and O–H groups in total. The third kappa shape index (κ3) is 4.43. The maximum Gasteiger partial charge on any atom is 0.422 e. The molecule has 2 aromatic carbocycles. The second kappa shape index (κ2) is 7.60. The summed E-state index contributed by atoms with van der Waals surface area (Å²) in [6, 6.07) is 8.37. The zero-order valence-electron chi connectivity index (χ0n) is 13.0. The van der Waals surface area contributed by atoms with E-state index >= 15 is 0 Å². The lowest BCUT2D eigenvalue weighted by Crippen LogP contribution is -2.11. The highest BCUT2D eigenvalue weighted by Gasteiger charge is 2.37. The van der Waals surface area contributed by atoms with Crippen molar-refractivity contribution in [3.05, 3.63) is 71.8 Å². The highest BCUT2D eigenvalue weighted by atomic mass is 19.4. The Hall–Kier alpha value is -2.17. The zero-order valence-corrected chi connectivity index (χ0v) is 13.0. The van der Waals surface area contributed by atoms with Gasteiger partial charge in [-0.25, -0.2) is 8.78 Å². The van der Waals surface area contributed by atoms with Crippen LogP contribution in [0.3, 0.4) is 0 Å². The predicted octanol–water partition coefficient (Wildman–Crippen LogP) is 6.55.